The van der Waals surface area contributed by atoms with E-state index in [2.05, 4.69) is 27.5 Å². The molecule has 0 N–H and O–H groups in total. The molecule has 0 atom stereocenters. The second-order valence-electron chi connectivity index (χ2n) is 6.99. The first kappa shape index (κ1) is 19.9. The van der Waals surface area contributed by atoms with Crippen LogP contribution in [-0.2, 0) is 4.79 Å². The Morgan fingerprint density at radius 2 is 1.58 bits per heavy atom. The molecule has 26 heavy (non-hydrogen) atoms. The SMILES string of the molecule is O=C(CN1CCN(C(=O)c2ccc(Cl)cc2I)CC1)N1CCCCCC1. The lowest BCUT2D eigenvalue weighted by atomic mass is 10.2. The molecule has 7 heteroatoms. The number of hydrogen-bond acceptors (Lipinski definition) is 3. The third-order valence-corrected chi connectivity index (χ3v) is 6.27. The molecule has 142 valence electrons. The van der Waals surface area contributed by atoms with Crippen molar-refractivity contribution in [1.82, 2.24) is 14.7 Å². The summed E-state index contributed by atoms with van der Waals surface area (Å²) in [5.74, 6) is 0.281. The Kier molecular flexibility index (Phi) is 7.17. The van der Waals surface area contributed by atoms with Gasteiger partial charge in [-0.1, -0.05) is 24.4 Å². The summed E-state index contributed by atoms with van der Waals surface area (Å²) in [4.78, 5) is 31.3. The van der Waals surface area contributed by atoms with Crippen LogP contribution in [0.3, 0.4) is 0 Å². The summed E-state index contributed by atoms with van der Waals surface area (Å²) in [6.45, 7) is 5.07. The molecular formula is C19H25ClIN3O2. The number of amides is 2. The summed E-state index contributed by atoms with van der Waals surface area (Å²) < 4.78 is 0.874. The molecule has 2 amide bonds. The fourth-order valence-corrected chi connectivity index (χ4v) is 4.66. The van der Waals surface area contributed by atoms with Gasteiger partial charge in [0.25, 0.3) is 5.91 Å². The van der Waals surface area contributed by atoms with E-state index in [0.29, 0.717) is 30.2 Å². The Labute approximate surface area is 173 Å². The Morgan fingerprint density at radius 1 is 0.923 bits per heavy atom. The van der Waals surface area contributed by atoms with Crippen LogP contribution in [0.5, 0.6) is 0 Å². The number of carbonyl (C=O) groups is 2. The van der Waals surface area contributed by atoms with E-state index in [1.165, 1.54) is 12.8 Å². The van der Waals surface area contributed by atoms with Crippen LogP contribution < -0.4 is 0 Å². The summed E-state index contributed by atoms with van der Waals surface area (Å²) in [6.07, 6.45) is 4.70. The summed E-state index contributed by atoms with van der Waals surface area (Å²) in [5, 5.41) is 0.641. The molecule has 5 nitrogen and oxygen atoms in total. The Bertz CT molecular complexity index is 654. The van der Waals surface area contributed by atoms with Gasteiger partial charge in [-0.3, -0.25) is 14.5 Å². The molecule has 0 aromatic heterocycles. The molecule has 2 aliphatic rings. The lowest BCUT2D eigenvalue weighted by Gasteiger charge is -2.35. The number of nitrogens with zero attached hydrogens (tertiary/aromatic N) is 3. The van der Waals surface area contributed by atoms with Crippen molar-refractivity contribution in [3.63, 3.8) is 0 Å². The summed E-state index contributed by atoms with van der Waals surface area (Å²) >= 11 is 8.13. The van der Waals surface area contributed by atoms with Crippen LogP contribution in [0.15, 0.2) is 18.2 Å². The van der Waals surface area contributed by atoms with Gasteiger partial charge in [0.2, 0.25) is 5.91 Å². The highest BCUT2D eigenvalue weighted by atomic mass is 127. The molecule has 2 fully saturated rings. The molecule has 0 aliphatic carbocycles. The van der Waals surface area contributed by atoms with Gasteiger partial charge >= 0.3 is 0 Å². The maximum atomic E-state index is 12.7. The van der Waals surface area contributed by atoms with Gasteiger partial charge in [-0.2, -0.15) is 0 Å². The van der Waals surface area contributed by atoms with E-state index < -0.39 is 0 Å². The van der Waals surface area contributed by atoms with Crippen LogP contribution in [-0.4, -0.2) is 72.3 Å². The highest BCUT2D eigenvalue weighted by Crippen LogP contribution is 2.20. The van der Waals surface area contributed by atoms with E-state index in [-0.39, 0.29) is 11.8 Å². The monoisotopic (exact) mass is 489 g/mol. The largest absolute Gasteiger partial charge is 0.342 e. The van der Waals surface area contributed by atoms with Crippen molar-refractivity contribution < 1.29 is 9.59 Å². The van der Waals surface area contributed by atoms with Crippen LogP contribution in [0.2, 0.25) is 5.02 Å². The quantitative estimate of drug-likeness (QED) is 0.613. The van der Waals surface area contributed by atoms with Crippen molar-refractivity contribution in [3.8, 4) is 0 Å². The number of rotatable bonds is 3. The normalized spacial score (nSPS) is 19.3. The lowest BCUT2D eigenvalue weighted by molar-refractivity contribution is -0.132. The predicted octanol–water partition coefficient (Wildman–Crippen LogP) is 3.11. The third-order valence-electron chi connectivity index (χ3n) is 5.14. The second-order valence-corrected chi connectivity index (χ2v) is 8.59. The molecule has 0 saturated carbocycles. The fourth-order valence-electron chi connectivity index (χ4n) is 3.55. The van der Waals surface area contributed by atoms with Gasteiger partial charge in [0.05, 0.1) is 12.1 Å². The summed E-state index contributed by atoms with van der Waals surface area (Å²) in [6, 6.07) is 5.36. The number of piperazine rings is 1. The van der Waals surface area contributed by atoms with Gasteiger partial charge in [-0.15, -0.1) is 0 Å². The molecular weight excluding hydrogens is 465 g/mol. The average molecular weight is 490 g/mol. The van der Waals surface area contributed by atoms with Crippen molar-refractivity contribution >= 4 is 46.0 Å². The Hall–Kier alpha value is -0.860. The number of halogens is 2. The highest BCUT2D eigenvalue weighted by Gasteiger charge is 2.26. The molecule has 1 aromatic rings. The number of benzene rings is 1. The number of carbonyl (C=O) groups excluding carboxylic acids is 2. The fraction of sp³-hybridized carbons (Fsp3) is 0.579. The molecule has 0 bridgehead atoms. The zero-order valence-electron chi connectivity index (χ0n) is 14.9. The molecule has 2 heterocycles. The first-order chi connectivity index (χ1) is 12.5. The van der Waals surface area contributed by atoms with Gasteiger partial charge in [-0.25, -0.2) is 0 Å². The maximum Gasteiger partial charge on any atom is 0.255 e. The lowest BCUT2D eigenvalue weighted by Crippen LogP contribution is -2.51. The minimum atomic E-state index is 0.0459. The first-order valence-electron chi connectivity index (χ1n) is 9.29. The highest BCUT2D eigenvalue weighted by molar-refractivity contribution is 14.1. The van der Waals surface area contributed by atoms with Crippen LogP contribution in [0, 0.1) is 3.57 Å². The third kappa shape index (κ3) is 5.10. The van der Waals surface area contributed by atoms with Gasteiger partial charge in [0.15, 0.2) is 0 Å². The second kappa shape index (κ2) is 9.37. The molecule has 2 saturated heterocycles. The average Bonchev–Trinajstić information content (AvgIpc) is 2.91. The summed E-state index contributed by atoms with van der Waals surface area (Å²) in [7, 11) is 0. The van der Waals surface area contributed by atoms with Crippen molar-refractivity contribution in [1.29, 1.82) is 0 Å². The van der Waals surface area contributed by atoms with Gasteiger partial charge in [0.1, 0.15) is 0 Å². The standard InChI is InChI=1S/C19H25ClIN3O2/c20-15-5-6-16(17(21)13-15)19(26)24-11-9-22(10-12-24)14-18(25)23-7-3-1-2-4-8-23/h5-6,13H,1-4,7-12,14H2. The van der Waals surface area contributed by atoms with Crippen LogP contribution in [0.4, 0.5) is 0 Å². The molecule has 3 rings (SSSR count). The molecule has 2 aliphatic heterocycles. The van der Waals surface area contributed by atoms with Gasteiger partial charge in [-0.05, 0) is 53.6 Å². The zero-order chi connectivity index (χ0) is 18.5. The number of likely N-dealkylation sites (tertiary alicyclic amines) is 1. The number of hydrogen-bond donors (Lipinski definition) is 0. The first-order valence-corrected chi connectivity index (χ1v) is 10.7. The zero-order valence-corrected chi connectivity index (χ0v) is 17.8. The van der Waals surface area contributed by atoms with Crippen LogP contribution in [0.25, 0.3) is 0 Å². The minimum absolute atomic E-state index is 0.0459. The van der Waals surface area contributed by atoms with Crippen LogP contribution in [0.1, 0.15) is 36.0 Å². The van der Waals surface area contributed by atoms with E-state index >= 15 is 0 Å². The topological polar surface area (TPSA) is 43.9 Å². The molecule has 0 unspecified atom stereocenters. The Morgan fingerprint density at radius 3 is 2.19 bits per heavy atom. The van der Waals surface area contributed by atoms with Crippen LogP contribution >= 0.6 is 34.2 Å². The molecule has 0 spiro atoms. The van der Waals surface area contributed by atoms with E-state index in [1.54, 1.807) is 12.1 Å². The van der Waals surface area contributed by atoms with Crippen molar-refractivity contribution in [3.05, 3.63) is 32.4 Å². The molecule has 0 radical (unpaired) electrons. The minimum Gasteiger partial charge on any atom is -0.342 e. The van der Waals surface area contributed by atoms with E-state index in [0.717, 1.165) is 42.6 Å². The van der Waals surface area contributed by atoms with Crippen molar-refractivity contribution in [2.24, 2.45) is 0 Å². The smallest absolute Gasteiger partial charge is 0.255 e. The van der Waals surface area contributed by atoms with E-state index in [9.17, 15) is 9.59 Å². The summed E-state index contributed by atoms with van der Waals surface area (Å²) in [5.41, 5.74) is 0.698. The molecule has 1 aromatic carbocycles. The predicted molar refractivity (Wildman–Crippen MR) is 112 cm³/mol. The van der Waals surface area contributed by atoms with Gasteiger partial charge < -0.3 is 9.80 Å². The van der Waals surface area contributed by atoms with Crippen molar-refractivity contribution in [2.75, 3.05) is 45.8 Å². The maximum absolute atomic E-state index is 12.7. The Balaban J connectivity index is 1.50. The van der Waals surface area contributed by atoms with E-state index in [4.69, 9.17) is 11.6 Å². The van der Waals surface area contributed by atoms with E-state index in [1.807, 2.05) is 15.9 Å². The van der Waals surface area contributed by atoms with Gasteiger partial charge in [0, 0.05) is 47.9 Å². The van der Waals surface area contributed by atoms with Crippen molar-refractivity contribution in [2.45, 2.75) is 25.7 Å².